The van der Waals surface area contributed by atoms with Crippen LogP contribution in [-0.2, 0) is 5.41 Å². The maximum absolute atomic E-state index is 12.2. The highest BCUT2D eigenvalue weighted by Crippen LogP contribution is 2.23. The summed E-state index contributed by atoms with van der Waals surface area (Å²) in [5.41, 5.74) is -0.0462. The van der Waals surface area contributed by atoms with Crippen LogP contribution in [0.2, 0.25) is 0 Å². The van der Waals surface area contributed by atoms with E-state index in [0.29, 0.717) is 5.13 Å². The molecule has 0 aromatic carbocycles. The number of rotatable bonds is 3. The van der Waals surface area contributed by atoms with Gasteiger partial charge in [-0.25, -0.2) is 9.37 Å². The van der Waals surface area contributed by atoms with E-state index in [-0.39, 0.29) is 11.5 Å². The predicted octanol–water partition coefficient (Wildman–Crippen LogP) is 2.61. The highest BCUT2D eigenvalue weighted by molar-refractivity contribution is 7.09. The molecule has 1 aromatic heterocycles. The Labute approximate surface area is 87.9 Å². The summed E-state index contributed by atoms with van der Waals surface area (Å²) in [6.45, 7) is 7.54. The van der Waals surface area contributed by atoms with E-state index < -0.39 is 6.67 Å². The van der Waals surface area contributed by atoms with Crippen molar-refractivity contribution in [3.63, 3.8) is 0 Å². The quantitative estimate of drug-likeness (QED) is 0.845. The van der Waals surface area contributed by atoms with Crippen LogP contribution in [0.25, 0.3) is 0 Å². The highest BCUT2D eigenvalue weighted by Gasteiger charge is 2.19. The molecule has 0 aliphatic heterocycles. The van der Waals surface area contributed by atoms with Crippen LogP contribution in [0.5, 0.6) is 0 Å². The van der Waals surface area contributed by atoms with Gasteiger partial charge in [0.25, 0.3) is 0 Å². The Morgan fingerprint density at radius 3 is 2.57 bits per heavy atom. The summed E-state index contributed by atoms with van der Waals surface area (Å²) >= 11 is 1.28. The van der Waals surface area contributed by atoms with Gasteiger partial charge in [0.1, 0.15) is 12.5 Å². The second-order valence-electron chi connectivity index (χ2n) is 4.37. The molecule has 14 heavy (non-hydrogen) atoms. The second-order valence-corrected chi connectivity index (χ2v) is 5.12. The average Bonchev–Trinajstić information content (AvgIpc) is 2.51. The zero-order valence-electron chi connectivity index (χ0n) is 8.97. The number of alkyl halides is 1. The molecule has 0 saturated carbocycles. The molecule has 0 bridgehead atoms. The third kappa shape index (κ3) is 2.90. The molecular weight excluding hydrogens is 201 g/mol. The fourth-order valence-electron chi connectivity index (χ4n) is 0.836. The molecule has 0 aliphatic carbocycles. The molecule has 0 fully saturated rings. The molecule has 0 aliphatic rings. The summed E-state index contributed by atoms with van der Waals surface area (Å²) in [5, 5.41) is 3.65. The SMILES string of the molecule is C[C@@H](CF)Nc1nc(C(C)(C)C)ns1. The van der Waals surface area contributed by atoms with Crippen LogP contribution in [0, 0.1) is 0 Å². The zero-order chi connectivity index (χ0) is 10.8. The van der Waals surface area contributed by atoms with E-state index in [2.05, 4.69) is 35.4 Å². The molecule has 0 saturated heterocycles. The third-order valence-corrected chi connectivity index (χ3v) is 2.34. The summed E-state index contributed by atoms with van der Waals surface area (Å²) in [4.78, 5) is 4.30. The van der Waals surface area contributed by atoms with Gasteiger partial charge in [-0.15, -0.1) is 0 Å². The van der Waals surface area contributed by atoms with Gasteiger partial charge in [0.2, 0.25) is 5.13 Å². The molecule has 1 rings (SSSR count). The van der Waals surface area contributed by atoms with Gasteiger partial charge < -0.3 is 5.32 Å². The van der Waals surface area contributed by atoms with Crippen LogP contribution in [0.3, 0.4) is 0 Å². The van der Waals surface area contributed by atoms with E-state index >= 15 is 0 Å². The summed E-state index contributed by atoms with van der Waals surface area (Å²) in [5.74, 6) is 0.802. The standard InChI is InChI=1S/C9H16FN3S/c1-6(5-10)11-8-12-7(13-14-8)9(2,3)4/h6H,5H2,1-4H3,(H,11,12,13)/t6-/m0/s1. The lowest BCUT2D eigenvalue weighted by Crippen LogP contribution is -2.18. The lowest BCUT2D eigenvalue weighted by Gasteiger charge is -2.12. The molecule has 5 heteroatoms. The molecule has 1 N–H and O–H groups in total. The van der Waals surface area contributed by atoms with Crippen molar-refractivity contribution in [2.24, 2.45) is 0 Å². The fourth-order valence-corrected chi connectivity index (χ4v) is 1.70. The summed E-state index contributed by atoms with van der Waals surface area (Å²) in [7, 11) is 0. The smallest absolute Gasteiger partial charge is 0.202 e. The van der Waals surface area contributed by atoms with E-state index in [9.17, 15) is 4.39 Å². The number of aromatic nitrogens is 2. The Morgan fingerprint density at radius 2 is 2.14 bits per heavy atom. The minimum absolute atomic E-state index is 0.0462. The first-order valence-electron chi connectivity index (χ1n) is 4.60. The third-order valence-electron chi connectivity index (χ3n) is 1.70. The number of nitrogens with one attached hydrogen (secondary N) is 1. The van der Waals surface area contributed by atoms with E-state index in [4.69, 9.17) is 0 Å². The maximum atomic E-state index is 12.2. The molecular formula is C9H16FN3S. The van der Waals surface area contributed by atoms with E-state index in [1.807, 2.05) is 0 Å². The molecule has 0 amide bonds. The van der Waals surface area contributed by atoms with Gasteiger partial charge in [0, 0.05) is 16.9 Å². The minimum Gasteiger partial charge on any atom is -0.355 e. The van der Waals surface area contributed by atoms with Crippen molar-refractivity contribution in [3.8, 4) is 0 Å². The lowest BCUT2D eigenvalue weighted by molar-refractivity contribution is 0.460. The molecule has 1 heterocycles. The van der Waals surface area contributed by atoms with Crippen molar-refractivity contribution in [1.82, 2.24) is 9.36 Å². The van der Waals surface area contributed by atoms with Gasteiger partial charge in [-0.2, -0.15) is 4.37 Å². The lowest BCUT2D eigenvalue weighted by atomic mass is 9.96. The van der Waals surface area contributed by atoms with Crippen LogP contribution in [0.1, 0.15) is 33.5 Å². The van der Waals surface area contributed by atoms with Crippen molar-refractivity contribution >= 4 is 16.7 Å². The van der Waals surface area contributed by atoms with Crippen molar-refractivity contribution in [2.75, 3.05) is 12.0 Å². The van der Waals surface area contributed by atoms with Crippen LogP contribution in [0.4, 0.5) is 9.52 Å². The molecule has 80 valence electrons. The van der Waals surface area contributed by atoms with Crippen molar-refractivity contribution in [1.29, 1.82) is 0 Å². The Hall–Kier alpha value is -0.710. The summed E-state index contributed by atoms with van der Waals surface area (Å²) < 4.78 is 16.4. The van der Waals surface area contributed by atoms with Gasteiger partial charge in [0.15, 0.2) is 0 Å². The first-order valence-corrected chi connectivity index (χ1v) is 5.37. The number of hydrogen-bond acceptors (Lipinski definition) is 4. The van der Waals surface area contributed by atoms with Crippen LogP contribution in [-0.4, -0.2) is 22.1 Å². The molecule has 1 aromatic rings. The van der Waals surface area contributed by atoms with Crippen LogP contribution >= 0.6 is 11.5 Å². The number of halogens is 1. The number of hydrogen-bond donors (Lipinski definition) is 1. The van der Waals surface area contributed by atoms with Crippen molar-refractivity contribution < 1.29 is 4.39 Å². The van der Waals surface area contributed by atoms with Crippen molar-refractivity contribution in [3.05, 3.63) is 5.82 Å². The topological polar surface area (TPSA) is 37.8 Å². The molecule has 0 unspecified atom stereocenters. The van der Waals surface area contributed by atoms with E-state index in [1.165, 1.54) is 11.5 Å². The monoisotopic (exact) mass is 217 g/mol. The number of nitrogens with zero attached hydrogens (tertiary/aromatic N) is 2. The normalized spacial score (nSPS) is 14.1. The highest BCUT2D eigenvalue weighted by atomic mass is 32.1. The average molecular weight is 217 g/mol. The summed E-state index contributed by atoms with van der Waals surface area (Å²) in [6.07, 6.45) is 0. The molecule has 0 radical (unpaired) electrons. The van der Waals surface area contributed by atoms with Gasteiger partial charge in [-0.1, -0.05) is 20.8 Å². The van der Waals surface area contributed by atoms with Gasteiger partial charge in [0.05, 0.1) is 6.04 Å². The van der Waals surface area contributed by atoms with Gasteiger partial charge in [-0.3, -0.25) is 0 Å². The predicted molar refractivity (Wildman–Crippen MR) is 57.7 cm³/mol. The largest absolute Gasteiger partial charge is 0.355 e. The van der Waals surface area contributed by atoms with E-state index in [0.717, 1.165) is 5.82 Å². The fraction of sp³-hybridized carbons (Fsp3) is 0.778. The van der Waals surface area contributed by atoms with Crippen LogP contribution in [0.15, 0.2) is 0 Å². The Balaban J connectivity index is 2.69. The number of anilines is 1. The van der Waals surface area contributed by atoms with Gasteiger partial charge in [-0.05, 0) is 6.92 Å². The minimum atomic E-state index is -0.398. The zero-order valence-corrected chi connectivity index (χ0v) is 9.78. The second kappa shape index (κ2) is 4.21. The molecule has 1 atom stereocenters. The van der Waals surface area contributed by atoms with E-state index in [1.54, 1.807) is 6.92 Å². The van der Waals surface area contributed by atoms with Crippen molar-refractivity contribution in [2.45, 2.75) is 39.2 Å². The maximum Gasteiger partial charge on any atom is 0.202 e. The molecule has 3 nitrogen and oxygen atoms in total. The first kappa shape index (κ1) is 11.4. The van der Waals surface area contributed by atoms with Crippen LogP contribution < -0.4 is 5.32 Å². The summed E-state index contributed by atoms with van der Waals surface area (Å²) in [6, 6.07) is -0.198. The Morgan fingerprint density at radius 1 is 1.50 bits per heavy atom. The Bertz CT molecular complexity index is 292. The Kier molecular flexibility index (Phi) is 3.42. The van der Waals surface area contributed by atoms with Gasteiger partial charge >= 0.3 is 0 Å². The first-order chi connectivity index (χ1) is 6.43. The molecule has 0 spiro atoms.